The molecule has 0 saturated heterocycles. The van der Waals surface area contributed by atoms with E-state index in [0.29, 0.717) is 34.7 Å². The molecule has 0 saturated carbocycles. The molecule has 1 atom stereocenters. The molecule has 186 valence electrons. The number of rotatable bonds is 7. The number of hydrogen-bond acceptors (Lipinski definition) is 8. The van der Waals surface area contributed by atoms with E-state index in [1.807, 2.05) is 51.3 Å². The monoisotopic (exact) mass is 487 g/mol. The molecule has 9 nitrogen and oxygen atoms in total. The number of para-hydroxylation sites is 1. The number of amides is 1. The third-order valence-electron chi connectivity index (χ3n) is 5.72. The average molecular weight is 488 g/mol. The van der Waals surface area contributed by atoms with Gasteiger partial charge in [-0.1, -0.05) is 24.3 Å². The Hall–Kier alpha value is -4.40. The molecule has 0 fully saturated rings. The van der Waals surface area contributed by atoms with Crippen LogP contribution in [0.1, 0.15) is 24.5 Å². The fourth-order valence-electron chi connectivity index (χ4n) is 3.80. The van der Waals surface area contributed by atoms with Crippen molar-refractivity contribution < 1.29 is 19.0 Å². The van der Waals surface area contributed by atoms with Crippen LogP contribution in [0.25, 0.3) is 0 Å². The van der Waals surface area contributed by atoms with Gasteiger partial charge >= 0.3 is 6.09 Å². The van der Waals surface area contributed by atoms with Crippen LogP contribution in [0.3, 0.4) is 0 Å². The van der Waals surface area contributed by atoms with Gasteiger partial charge in [-0.25, -0.2) is 14.7 Å². The molecule has 4 rings (SSSR count). The summed E-state index contributed by atoms with van der Waals surface area (Å²) in [4.78, 5) is 28.3. The first-order valence-corrected chi connectivity index (χ1v) is 11.5. The van der Waals surface area contributed by atoms with E-state index in [4.69, 9.17) is 14.2 Å². The molecule has 1 aromatic heterocycles. The van der Waals surface area contributed by atoms with E-state index in [9.17, 15) is 4.79 Å². The van der Waals surface area contributed by atoms with Crippen LogP contribution in [0.15, 0.2) is 65.4 Å². The van der Waals surface area contributed by atoms with Gasteiger partial charge in [-0.2, -0.15) is 4.98 Å². The highest BCUT2D eigenvalue weighted by Crippen LogP contribution is 2.37. The third kappa shape index (κ3) is 5.46. The number of aryl methyl sites for hydroxylation is 2. The van der Waals surface area contributed by atoms with Crippen LogP contribution in [0, 0.1) is 13.8 Å². The van der Waals surface area contributed by atoms with Crippen molar-refractivity contribution in [2.75, 3.05) is 24.4 Å². The highest BCUT2D eigenvalue weighted by molar-refractivity contribution is 5.98. The van der Waals surface area contributed by atoms with Crippen molar-refractivity contribution in [1.29, 1.82) is 0 Å². The van der Waals surface area contributed by atoms with Crippen molar-refractivity contribution >= 4 is 29.8 Å². The molecule has 1 N–H and O–H groups in total. The number of anilines is 3. The molecule has 2 heterocycles. The molecule has 0 spiro atoms. The first kappa shape index (κ1) is 24.7. The number of nitrogens with zero attached hydrogens (tertiary/aromatic N) is 4. The number of ether oxygens (including phenoxy) is 3. The summed E-state index contributed by atoms with van der Waals surface area (Å²) < 4.78 is 16.8. The molecule has 1 aliphatic rings. The molecule has 36 heavy (non-hydrogen) atoms. The smallest absolute Gasteiger partial charge is 0.425 e. The minimum atomic E-state index is -0.640. The Kier molecular flexibility index (Phi) is 7.48. The maximum atomic E-state index is 13.7. The summed E-state index contributed by atoms with van der Waals surface area (Å²) in [5, 5.41) is 3.26. The summed E-state index contributed by atoms with van der Waals surface area (Å²) >= 11 is 0. The van der Waals surface area contributed by atoms with Crippen molar-refractivity contribution in [3.63, 3.8) is 0 Å². The van der Waals surface area contributed by atoms with Gasteiger partial charge < -0.3 is 19.5 Å². The normalized spacial score (nSPS) is 14.6. The Morgan fingerprint density at radius 3 is 2.50 bits per heavy atom. The predicted molar refractivity (Wildman–Crippen MR) is 140 cm³/mol. The summed E-state index contributed by atoms with van der Waals surface area (Å²) in [6.45, 7) is 5.73. The summed E-state index contributed by atoms with van der Waals surface area (Å²) in [7, 11) is 3.09. The second-order valence-corrected chi connectivity index (χ2v) is 8.31. The van der Waals surface area contributed by atoms with Crippen molar-refractivity contribution in [3.05, 3.63) is 71.6 Å². The van der Waals surface area contributed by atoms with Gasteiger partial charge in [0.25, 0.3) is 0 Å². The third-order valence-corrected chi connectivity index (χ3v) is 5.72. The molecule has 0 radical (unpaired) electrons. The predicted octanol–water partition coefficient (Wildman–Crippen LogP) is 5.61. The average Bonchev–Trinajstić information content (AvgIpc) is 2.88. The number of aliphatic imine (C=N–C) groups is 1. The van der Waals surface area contributed by atoms with E-state index < -0.39 is 6.09 Å². The minimum Gasteiger partial charge on any atom is -0.497 e. The molecule has 0 bridgehead atoms. The number of benzene rings is 2. The van der Waals surface area contributed by atoms with Gasteiger partial charge in [0.15, 0.2) is 0 Å². The minimum absolute atomic E-state index is 0.0607. The number of nitrogens with one attached hydrogen (secondary N) is 1. The number of methoxy groups -OCH3 is 2. The van der Waals surface area contributed by atoms with Crippen LogP contribution in [0.4, 0.5) is 22.2 Å². The number of carbonyl (C=O) groups excluding carboxylic acids is 1. The maximum Gasteiger partial charge on any atom is 0.425 e. The fraction of sp³-hybridized carbons (Fsp3) is 0.259. The van der Waals surface area contributed by atoms with Gasteiger partial charge in [0, 0.05) is 30.2 Å². The van der Waals surface area contributed by atoms with Crippen LogP contribution in [-0.2, 0) is 0 Å². The molecule has 2 aromatic carbocycles. The molecule has 9 heteroatoms. The Morgan fingerprint density at radius 1 is 1.06 bits per heavy atom. The Bertz CT molecular complexity index is 1300. The van der Waals surface area contributed by atoms with Crippen molar-refractivity contribution in [3.8, 4) is 17.2 Å². The van der Waals surface area contributed by atoms with Gasteiger partial charge in [-0.15, -0.1) is 0 Å². The van der Waals surface area contributed by atoms with E-state index in [0.717, 1.165) is 23.2 Å². The highest BCUT2D eigenvalue weighted by Gasteiger charge is 2.27. The van der Waals surface area contributed by atoms with Gasteiger partial charge in [0.2, 0.25) is 5.95 Å². The van der Waals surface area contributed by atoms with Crippen LogP contribution in [-0.4, -0.2) is 42.5 Å². The molecular formula is C27H29N5O4. The largest absolute Gasteiger partial charge is 0.497 e. The van der Waals surface area contributed by atoms with E-state index in [1.165, 1.54) is 12.0 Å². The summed E-state index contributed by atoms with van der Waals surface area (Å²) in [5.41, 5.74) is 3.09. The molecule has 1 unspecified atom stereocenters. The second-order valence-electron chi connectivity index (χ2n) is 8.31. The van der Waals surface area contributed by atoms with Crippen LogP contribution in [0.2, 0.25) is 0 Å². The lowest BCUT2D eigenvalue weighted by atomic mass is 10.1. The zero-order chi connectivity index (χ0) is 25.7. The molecule has 0 aliphatic carbocycles. The lowest BCUT2D eigenvalue weighted by molar-refractivity contribution is 0.209. The van der Waals surface area contributed by atoms with Crippen molar-refractivity contribution in [2.24, 2.45) is 4.99 Å². The SMILES string of the molecule is COc1ccc(N(C(=O)Oc2c(C)cccc2C)c2ccnc(NC3C=NC(C)=CC3)n2)c(OC)c1. The zero-order valence-electron chi connectivity index (χ0n) is 21.0. The summed E-state index contributed by atoms with van der Waals surface area (Å²) in [6, 6.07) is 12.4. The molecule has 3 aromatic rings. The fourth-order valence-corrected chi connectivity index (χ4v) is 3.80. The summed E-state index contributed by atoms with van der Waals surface area (Å²) in [6.07, 6.45) is 5.57. The standard InChI is InChI=1S/C27H29N5O4/c1-17-7-6-8-18(2)25(17)36-27(33)32(22-12-11-21(34-4)15-23(22)35-5)24-13-14-28-26(31-24)30-20-10-9-19(3)29-16-20/h6-9,11-16,20H,10H2,1-5H3,(H,28,30,31). The lowest BCUT2D eigenvalue weighted by Gasteiger charge is -2.25. The van der Waals surface area contributed by atoms with Crippen molar-refractivity contribution in [2.45, 2.75) is 33.2 Å². The Morgan fingerprint density at radius 2 is 1.83 bits per heavy atom. The van der Waals surface area contributed by atoms with Gasteiger partial charge in [-0.05, 0) is 50.5 Å². The quantitative estimate of drug-likeness (QED) is 0.463. The highest BCUT2D eigenvalue weighted by atomic mass is 16.6. The van der Waals surface area contributed by atoms with Gasteiger partial charge in [0.05, 0.1) is 25.9 Å². The number of allylic oxidation sites excluding steroid dienone is 1. The lowest BCUT2D eigenvalue weighted by Crippen LogP contribution is -2.31. The van der Waals surface area contributed by atoms with Crippen molar-refractivity contribution in [1.82, 2.24) is 9.97 Å². The zero-order valence-corrected chi connectivity index (χ0v) is 21.0. The van der Waals surface area contributed by atoms with Crippen LogP contribution in [0.5, 0.6) is 17.2 Å². The number of hydrogen-bond donors (Lipinski definition) is 1. The number of carbonyl (C=O) groups is 1. The van der Waals surface area contributed by atoms with E-state index in [-0.39, 0.29) is 6.04 Å². The van der Waals surface area contributed by atoms with Gasteiger partial charge in [-0.3, -0.25) is 4.99 Å². The van der Waals surface area contributed by atoms with Gasteiger partial charge in [0.1, 0.15) is 23.1 Å². The maximum absolute atomic E-state index is 13.7. The molecular weight excluding hydrogens is 458 g/mol. The first-order valence-electron chi connectivity index (χ1n) is 11.5. The number of aromatic nitrogens is 2. The second kappa shape index (κ2) is 10.9. The summed E-state index contributed by atoms with van der Waals surface area (Å²) in [5.74, 6) is 2.17. The molecule has 1 aliphatic heterocycles. The first-order chi connectivity index (χ1) is 17.4. The van der Waals surface area contributed by atoms with E-state index in [2.05, 4.69) is 20.3 Å². The Labute approximate surface area is 210 Å². The van der Waals surface area contributed by atoms with Crippen LogP contribution >= 0.6 is 0 Å². The van der Waals surface area contributed by atoms with Crippen LogP contribution < -0.4 is 24.4 Å². The van der Waals surface area contributed by atoms with E-state index in [1.54, 1.807) is 37.6 Å². The molecule has 1 amide bonds. The topological polar surface area (TPSA) is 98.2 Å². The van der Waals surface area contributed by atoms with E-state index >= 15 is 0 Å². The Balaban J connectivity index is 1.73.